The molecule has 1 aromatic heterocycles. The van der Waals surface area contributed by atoms with E-state index in [-0.39, 0.29) is 5.91 Å². The number of nitrogens with one attached hydrogen (secondary N) is 1. The van der Waals surface area contributed by atoms with Gasteiger partial charge in [0.15, 0.2) is 0 Å². The van der Waals surface area contributed by atoms with E-state index in [1.165, 1.54) is 11.6 Å². The standard InChI is InChI=1S/C15H17NO3/c1-3-10-5-6-13-12(7-10)11(8-15(18)19-13)9-16-14(17)4-2/h5-8H,3-4,9H2,1-2H3,(H,16,17). The van der Waals surface area contributed by atoms with E-state index in [1.54, 1.807) is 13.0 Å². The zero-order valence-corrected chi connectivity index (χ0v) is 11.2. The number of fused-ring (bicyclic) bond motifs is 1. The first-order valence-corrected chi connectivity index (χ1v) is 6.46. The van der Waals surface area contributed by atoms with Gasteiger partial charge in [-0.25, -0.2) is 4.79 Å². The van der Waals surface area contributed by atoms with Crippen LogP contribution in [0.15, 0.2) is 33.5 Å². The first-order valence-electron chi connectivity index (χ1n) is 6.46. The van der Waals surface area contributed by atoms with Crippen molar-refractivity contribution < 1.29 is 9.21 Å². The Balaban J connectivity index is 2.45. The third kappa shape index (κ3) is 3.02. The molecule has 0 saturated heterocycles. The number of hydrogen-bond donors (Lipinski definition) is 1. The molecule has 0 unspecified atom stereocenters. The van der Waals surface area contributed by atoms with Gasteiger partial charge in [0.05, 0.1) is 0 Å². The van der Waals surface area contributed by atoms with Gasteiger partial charge in [0.1, 0.15) is 5.58 Å². The lowest BCUT2D eigenvalue weighted by atomic mass is 10.1. The molecule has 1 N–H and O–H groups in total. The molecular weight excluding hydrogens is 242 g/mol. The van der Waals surface area contributed by atoms with E-state index in [1.807, 2.05) is 12.1 Å². The second kappa shape index (κ2) is 5.69. The van der Waals surface area contributed by atoms with Gasteiger partial charge in [-0.05, 0) is 29.7 Å². The number of carbonyl (C=O) groups excluding carboxylic acids is 1. The summed E-state index contributed by atoms with van der Waals surface area (Å²) < 4.78 is 5.17. The number of amides is 1. The van der Waals surface area contributed by atoms with Gasteiger partial charge in [0, 0.05) is 24.4 Å². The molecule has 100 valence electrons. The topological polar surface area (TPSA) is 59.3 Å². The summed E-state index contributed by atoms with van der Waals surface area (Å²) in [5.74, 6) is -0.0342. The van der Waals surface area contributed by atoms with E-state index in [9.17, 15) is 9.59 Å². The van der Waals surface area contributed by atoms with Crippen LogP contribution < -0.4 is 10.9 Å². The lowest BCUT2D eigenvalue weighted by Gasteiger charge is -2.08. The van der Waals surface area contributed by atoms with Crippen molar-refractivity contribution >= 4 is 16.9 Å². The Bertz CT molecular complexity index is 658. The molecule has 0 atom stereocenters. The van der Waals surface area contributed by atoms with Gasteiger partial charge in [-0.2, -0.15) is 0 Å². The molecule has 0 radical (unpaired) electrons. The summed E-state index contributed by atoms with van der Waals surface area (Å²) in [4.78, 5) is 22.8. The lowest BCUT2D eigenvalue weighted by Crippen LogP contribution is -2.22. The number of rotatable bonds is 4. The largest absolute Gasteiger partial charge is 0.423 e. The Morgan fingerprint density at radius 2 is 2.05 bits per heavy atom. The Morgan fingerprint density at radius 3 is 2.74 bits per heavy atom. The van der Waals surface area contributed by atoms with Crippen LogP contribution in [0.5, 0.6) is 0 Å². The Kier molecular flexibility index (Phi) is 4.00. The molecule has 19 heavy (non-hydrogen) atoms. The zero-order chi connectivity index (χ0) is 13.8. The molecule has 0 saturated carbocycles. The van der Waals surface area contributed by atoms with E-state index in [4.69, 9.17) is 4.42 Å². The lowest BCUT2D eigenvalue weighted by molar-refractivity contribution is -0.120. The molecule has 0 aliphatic carbocycles. The maximum absolute atomic E-state index is 11.5. The summed E-state index contributed by atoms with van der Waals surface area (Å²) >= 11 is 0. The van der Waals surface area contributed by atoms with Crippen molar-refractivity contribution in [2.24, 2.45) is 0 Å². The van der Waals surface area contributed by atoms with E-state index in [0.29, 0.717) is 18.5 Å². The highest BCUT2D eigenvalue weighted by molar-refractivity contribution is 5.82. The van der Waals surface area contributed by atoms with E-state index in [2.05, 4.69) is 12.2 Å². The molecule has 4 nitrogen and oxygen atoms in total. The molecule has 0 spiro atoms. The van der Waals surface area contributed by atoms with Crippen molar-refractivity contribution in [3.63, 3.8) is 0 Å². The second-order valence-corrected chi connectivity index (χ2v) is 4.41. The monoisotopic (exact) mass is 259 g/mol. The van der Waals surface area contributed by atoms with Gasteiger partial charge in [-0.1, -0.05) is 19.9 Å². The minimum atomic E-state index is -0.391. The van der Waals surface area contributed by atoms with Crippen LogP contribution in [-0.4, -0.2) is 5.91 Å². The molecule has 1 heterocycles. The molecule has 1 amide bonds. The SMILES string of the molecule is CCC(=O)NCc1cc(=O)oc2ccc(CC)cc12. The highest BCUT2D eigenvalue weighted by Gasteiger charge is 2.07. The third-order valence-corrected chi connectivity index (χ3v) is 3.10. The number of aryl methyl sites for hydroxylation is 1. The smallest absolute Gasteiger partial charge is 0.336 e. The second-order valence-electron chi connectivity index (χ2n) is 4.41. The molecule has 1 aromatic carbocycles. The van der Waals surface area contributed by atoms with E-state index in [0.717, 1.165) is 17.4 Å². The highest BCUT2D eigenvalue weighted by Crippen LogP contribution is 2.19. The number of hydrogen-bond acceptors (Lipinski definition) is 3. The Labute approximate surface area is 111 Å². The van der Waals surface area contributed by atoms with Gasteiger partial charge < -0.3 is 9.73 Å². The number of carbonyl (C=O) groups is 1. The van der Waals surface area contributed by atoms with Crippen LogP contribution >= 0.6 is 0 Å². The molecule has 2 rings (SSSR count). The predicted octanol–water partition coefficient (Wildman–Crippen LogP) is 2.38. The molecule has 2 aromatic rings. The normalized spacial score (nSPS) is 10.6. The van der Waals surface area contributed by atoms with Crippen molar-refractivity contribution in [3.8, 4) is 0 Å². The van der Waals surface area contributed by atoms with E-state index < -0.39 is 5.63 Å². The van der Waals surface area contributed by atoms with Crippen molar-refractivity contribution in [1.29, 1.82) is 0 Å². The summed E-state index contributed by atoms with van der Waals surface area (Å²) in [6.45, 7) is 4.21. The maximum atomic E-state index is 11.5. The van der Waals surface area contributed by atoms with Crippen molar-refractivity contribution in [2.45, 2.75) is 33.2 Å². The molecule has 0 aliphatic rings. The summed E-state index contributed by atoms with van der Waals surface area (Å²) in [6.07, 6.45) is 1.34. The minimum absolute atomic E-state index is 0.0342. The van der Waals surface area contributed by atoms with Gasteiger partial charge in [0.2, 0.25) is 5.91 Å². The summed E-state index contributed by atoms with van der Waals surface area (Å²) in [7, 11) is 0. The van der Waals surface area contributed by atoms with Gasteiger partial charge in [-0.15, -0.1) is 0 Å². The summed E-state index contributed by atoms with van der Waals surface area (Å²) in [6, 6.07) is 7.20. The quantitative estimate of drug-likeness (QED) is 0.858. The van der Waals surface area contributed by atoms with Gasteiger partial charge in [0.25, 0.3) is 0 Å². The van der Waals surface area contributed by atoms with Crippen LogP contribution in [0.2, 0.25) is 0 Å². The highest BCUT2D eigenvalue weighted by atomic mass is 16.4. The fourth-order valence-electron chi connectivity index (χ4n) is 1.96. The molecule has 0 bridgehead atoms. The Hall–Kier alpha value is -2.10. The molecule has 0 aliphatic heterocycles. The number of benzene rings is 1. The van der Waals surface area contributed by atoms with E-state index >= 15 is 0 Å². The van der Waals surface area contributed by atoms with Crippen LogP contribution in [0.4, 0.5) is 0 Å². The fourth-order valence-corrected chi connectivity index (χ4v) is 1.96. The fraction of sp³-hybridized carbons (Fsp3) is 0.333. The van der Waals surface area contributed by atoms with Gasteiger partial charge >= 0.3 is 5.63 Å². The van der Waals surface area contributed by atoms with Crippen LogP contribution in [0.25, 0.3) is 11.0 Å². The van der Waals surface area contributed by atoms with Crippen molar-refractivity contribution in [2.75, 3.05) is 0 Å². The van der Waals surface area contributed by atoms with Crippen molar-refractivity contribution in [1.82, 2.24) is 5.32 Å². The first kappa shape index (κ1) is 13.3. The Morgan fingerprint density at radius 1 is 1.26 bits per heavy atom. The average Bonchev–Trinajstić information content (AvgIpc) is 2.43. The maximum Gasteiger partial charge on any atom is 0.336 e. The van der Waals surface area contributed by atoms with Crippen LogP contribution in [0.1, 0.15) is 31.4 Å². The third-order valence-electron chi connectivity index (χ3n) is 3.10. The van der Waals surface area contributed by atoms with Crippen LogP contribution in [-0.2, 0) is 17.8 Å². The van der Waals surface area contributed by atoms with Crippen LogP contribution in [0, 0.1) is 0 Å². The molecular formula is C15H17NO3. The van der Waals surface area contributed by atoms with Crippen molar-refractivity contribution in [3.05, 3.63) is 45.8 Å². The summed E-state index contributed by atoms with van der Waals surface area (Å²) in [5.41, 5.74) is 2.13. The predicted molar refractivity (Wildman–Crippen MR) is 74.0 cm³/mol. The summed E-state index contributed by atoms with van der Waals surface area (Å²) in [5, 5.41) is 3.67. The first-order chi connectivity index (χ1) is 9.13. The molecule has 0 fully saturated rings. The molecule has 4 heteroatoms. The zero-order valence-electron chi connectivity index (χ0n) is 11.2. The minimum Gasteiger partial charge on any atom is -0.423 e. The average molecular weight is 259 g/mol. The van der Waals surface area contributed by atoms with Crippen LogP contribution in [0.3, 0.4) is 0 Å². The van der Waals surface area contributed by atoms with Gasteiger partial charge in [-0.3, -0.25) is 4.79 Å².